The van der Waals surface area contributed by atoms with Gasteiger partial charge in [0, 0.05) is 25.0 Å². The molecule has 1 unspecified atom stereocenters. The van der Waals surface area contributed by atoms with E-state index in [0.717, 1.165) is 17.0 Å². The van der Waals surface area contributed by atoms with Crippen LogP contribution in [0.5, 0.6) is 0 Å². The molecule has 1 heterocycles. The van der Waals surface area contributed by atoms with Gasteiger partial charge in [0.1, 0.15) is 11.6 Å². The lowest BCUT2D eigenvalue weighted by molar-refractivity contribution is -0.117. The van der Waals surface area contributed by atoms with E-state index in [9.17, 15) is 18.5 Å². The van der Waals surface area contributed by atoms with Gasteiger partial charge in [0.25, 0.3) is 5.91 Å². The summed E-state index contributed by atoms with van der Waals surface area (Å²) in [7, 11) is -1.75. The molecule has 0 spiro atoms. The molecule has 1 N–H and O–H groups in total. The zero-order valence-electron chi connectivity index (χ0n) is 18.4. The zero-order chi connectivity index (χ0) is 23.0. The summed E-state index contributed by atoms with van der Waals surface area (Å²) in [5.41, 5.74) is 2.72. The van der Waals surface area contributed by atoms with E-state index in [1.807, 2.05) is 32.9 Å². The highest BCUT2D eigenvalue weighted by Crippen LogP contribution is 2.22. The first-order valence-electron chi connectivity index (χ1n) is 10.1. The maximum absolute atomic E-state index is 12.4. The lowest BCUT2D eigenvalue weighted by atomic mass is 10.1. The standard InChI is InChI=1S/C23H29N3O4S/c1-17-13-20(19(3)26(17)18(2)16-30-4)14-21(15-24)23(27)25-11-8-12-31(28,29)22-9-6-5-7-10-22/h5-7,9-10,13-14,18H,8,11-12,16H2,1-4H3,(H,25,27)/b21-14+. The van der Waals surface area contributed by atoms with Crippen molar-refractivity contribution in [3.8, 4) is 6.07 Å². The number of nitriles is 1. The Kier molecular flexibility index (Phi) is 8.60. The van der Waals surface area contributed by atoms with Gasteiger partial charge in [-0.3, -0.25) is 4.79 Å². The van der Waals surface area contributed by atoms with E-state index in [1.54, 1.807) is 43.5 Å². The second kappa shape index (κ2) is 10.9. The summed E-state index contributed by atoms with van der Waals surface area (Å²) in [6.07, 6.45) is 1.82. The highest BCUT2D eigenvalue weighted by molar-refractivity contribution is 7.91. The van der Waals surface area contributed by atoms with Crippen molar-refractivity contribution >= 4 is 21.8 Å². The van der Waals surface area contributed by atoms with Crippen LogP contribution >= 0.6 is 0 Å². The van der Waals surface area contributed by atoms with Gasteiger partial charge in [0.15, 0.2) is 9.84 Å². The van der Waals surface area contributed by atoms with Crippen LogP contribution in [0.3, 0.4) is 0 Å². The SMILES string of the molecule is COCC(C)n1c(C)cc(/C=C(\C#N)C(=O)NCCCS(=O)(=O)c2ccccc2)c1C. The summed E-state index contributed by atoms with van der Waals surface area (Å²) in [6.45, 7) is 6.66. The number of sulfone groups is 1. The van der Waals surface area contributed by atoms with Crippen LogP contribution in [0.25, 0.3) is 6.08 Å². The minimum Gasteiger partial charge on any atom is -0.383 e. The average Bonchev–Trinajstić information content (AvgIpc) is 3.03. The molecule has 0 aliphatic carbocycles. The highest BCUT2D eigenvalue weighted by Gasteiger charge is 2.17. The van der Waals surface area contributed by atoms with Crippen molar-refractivity contribution in [2.24, 2.45) is 0 Å². The number of carbonyl (C=O) groups excluding carboxylic acids is 1. The van der Waals surface area contributed by atoms with Crippen molar-refractivity contribution in [2.45, 2.75) is 38.1 Å². The summed E-state index contributed by atoms with van der Waals surface area (Å²) in [4.78, 5) is 12.7. The molecule has 1 aromatic heterocycles. The molecule has 1 atom stereocenters. The summed E-state index contributed by atoms with van der Waals surface area (Å²) >= 11 is 0. The van der Waals surface area contributed by atoms with Gasteiger partial charge in [-0.2, -0.15) is 5.26 Å². The van der Waals surface area contributed by atoms with Crippen LogP contribution in [-0.2, 0) is 19.4 Å². The lowest BCUT2D eigenvalue weighted by Crippen LogP contribution is -2.27. The molecule has 0 bridgehead atoms. The van der Waals surface area contributed by atoms with Crippen LogP contribution in [0.2, 0.25) is 0 Å². The summed E-state index contributed by atoms with van der Waals surface area (Å²) in [6, 6.07) is 12.2. The third-order valence-corrected chi connectivity index (χ3v) is 6.83. The molecule has 1 aromatic carbocycles. The van der Waals surface area contributed by atoms with E-state index in [0.29, 0.717) is 6.61 Å². The van der Waals surface area contributed by atoms with Gasteiger partial charge in [-0.25, -0.2) is 8.42 Å². The van der Waals surface area contributed by atoms with Gasteiger partial charge in [0.2, 0.25) is 0 Å². The van der Waals surface area contributed by atoms with Gasteiger partial charge in [-0.05, 0) is 57.0 Å². The minimum atomic E-state index is -3.40. The predicted molar refractivity (Wildman–Crippen MR) is 120 cm³/mol. The van der Waals surface area contributed by atoms with Crippen LogP contribution in [0, 0.1) is 25.2 Å². The van der Waals surface area contributed by atoms with Crippen molar-refractivity contribution in [1.82, 2.24) is 9.88 Å². The quantitative estimate of drug-likeness (QED) is 0.345. The van der Waals surface area contributed by atoms with Crippen LogP contribution in [0.1, 0.15) is 36.3 Å². The van der Waals surface area contributed by atoms with E-state index in [4.69, 9.17) is 4.74 Å². The number of aromatic nitrogens is 1. The van der Waals surface area contributed by atoms with Gasteiger partial charge in [-0.1, -0.05) is 18.2 Å². The number of carbonyl (C=O) groups is 1. The molecule has 0 aliphatic heterocycles. The van der Waals surface area contributed by atoms with Gasteiger partial charge in [0.05, 0.1) is 23.3 Å². The largest absolute Gasteiger partial charge is 0.383 e. The molecule has 166 valence electrons. The van der Waals surface area contributed by atoms with Crippen LogP contribution in [0.4, 0.5) is 0 Å². The predicted octanol–water partition coefficient (Wildman–Crippen LogP) is 3.20. The van der Waals surface area contributed by atoms with Crippen LogP contribution < -0.4 is 5.32 Å². The van der Waals surface area contributed by atoms with Crippen molar-refractivity contribution in [1.29, 1.82) is 5.26 Å². The molecular weight excluding hydrogens is 414 g/mol. The first-order valence-corrected chi connectivity index (χ1v) is 11.7. The average molecular weight is 444 g/mol. The molecule has 0 aliphatic rings. The van der Waals surface area contributed by atoms with E-state index >= 15 is 0 Å². The Balaban J connectivity index is 2.02. The Labute approximate surface area is 184 Å². The molecule has 2 aromatic rings. The van der Waals surface area contributed by atoms with Gasteiger partial charge >= 0.3 is 0 Å². The summed E-state index contributed by atoms with van der Waals surface area (Å²) in [5, 5.41) is 12.1. The topological polar surface area (TPSA) is 101 Å². The molecule has 1 amide bonds. The van der Waals surface area contributed by atoms with Crippen molar-refractivity contribution in [3.05, 3.63) is 58.9 Å². The second-order valence-corrected chi connectivity index (χ2v) is 9.52. The third-order valence-electron chi connectivity index (χ3n) is 5.01. The molecule has 2 rings (SSSR count). The number of benzene rings is 1. The number of nitrogens with one attached hydrogen (secondary N) is 1. The second-order valence-electron chi connectivity index (χ2n) is 7.41. The molecular formula is C23H29N3O4S. The summed E-state index contributed by atoms with van der Waals surface area (Å²) < 4.78 is 31.9. The molecule has 0 saturated carbocycles. The van der Waals surface area contributed by atoms with Crippen molar-refractivity contribution in [3.63, 3.8) is 0 Å². The van der Waals surface area contributed by atoms with Gasteiger partial charge in [-0.15, -0.1) is 0 Å². The van der Waals surface area contributed by atoms with Crippen molar-refractivity contribution < 1.29 is 17.9 Å². The van der Waals surface area contributed by atoms with E-state index in [2.05, 4.69) is 9.88 Å². The number of ether oxygens (including phenoxy) is 1. The van der Waals surface area contributed by atoms with E-state index in [-0.39, 0.29) is 35.2 Å². The fourth-order valence-electron chi connectivity index (χ4n) is 3.55. The lowest BCUT2D eigenvalue weighted by Gasteiger charge is -2.17. The minimum absolute atomic E-state index is 0.0226. The fourth-order valence-corrected chi connectivity index (χ4v) is 4.88. The Morgan fingerprint density at radius 3 is 2.58 bits per heavy atom. The number of aryl methyl sites for hydroxylation is 1. The first kappa shape index (κ1) is 24.4. The Morgan fingerprint density at radius 2 is 1.97 bits per heavy atom. The molecule has 0 fully saturated rings. The molecule has 31 heavy (non-hydrogen) atoms. The maximum atomic E-state index is 12.4. The number of methoxy groups -OCH3 is 1. The van der Waals surface area contributed by atoms with Crippen LogP contribution in [-0.4, -0.2) is 44.9 Å². The Hall–Kier alpha value is -2.89. The third kappa shape index (κ3) is 6.29. The smallest absolute Gasteiger partial charge is 0.261 e. The van der Waals surface area contributed by atoms with Crippen molar-refractivity contribution in [2.75, 3.05) is 26.0 Å². The Bertz CT molecular complexity index is 1080. The van der Waals surface area contributed by atoms with E-state index < -0.39 is 15.7 Å². The number of amides is 1. The molecule has 8 heteroatoms. The number of hydrogen-bond acceptors (Lipinski definition) is 5. The molecule has 7 nitrogen and oxygen atoms in total. The first-order chi connectivity index (χ1) is 14.7. The maximum Gasteiger partial charge on any atom is 0.261 e. The fraction of sp³-hybridized carbons (Fsp3) is 0.391. The molecule has 0 saturated heterocycles. The van der Waals surface area contributed by atoms with Gasteiger partial charge < -0.3 is 14.6 Å². The number of nitrogens with zero attached hydrogens (tertiary/aromatic N) is 2. The Morgan fingerprint density at radius 1 is 1.29 bits per heavy atom. The number of hydrogen-bond donors (Lipinski definition) is 1. The van der Waals surface area contributed by atoms with E-state index in [1.165, 1.54) is 0 Å². The molecule has 0 radical (unpaired) electrons. The summed E-state index contributed by atoms with van der Waals surface area (Å²) in [5.74, 6) is -0.601. The monoisotopic (exact) mass is 443 g/mol. The highest BCUT2D eigenvalue weighted by atomic mass is 32.2. The zero-order valence-corrected chi connectivity index (χ0v) is 19.2. The normalized spacial score (nSPS) is 12.9. The van der Waals surface area contributed by atoms with Crippen LogP contribution in [0.15, 0.2) is 46.9 Å². The number of rotatable bonds is 10.